The van der Waals surface area contributed by atoms with Crippen LogP contribution in [0.15, 0.2) is 46.9 Å². The van der Waals surface area contributed by atoms with Crippen molar-refractivity contribution in [2.24, 2.45) is 5.92 Å². The Balaban J connectivity index is 1.59. The summed E-state index contributed by atoms with van der Waals surface area (Å²) in [6.45, 7) is 3.90. The highest BCUT2D eigenvalue weighted by Crippen LogP contribution is 2.24. The van der Waals surface area contributed by atoms with Gasteiger partial charge in [0.05, 0.1) is 12.0 Å². The third-order valence-electron chi connectivity index (χ3n) is 4.81. The standard InChI is InChI=1S/C20H23N3O5/c1-2-3-11-21(12-15-7-5-4-6-8-15)19(24)16-13-22(14-16)20(25)17-9-10-18(28-17)23(26)27/h4-10,16H,2-3,11-14H2,1H3. The lowest BCUT2D eigenvalue weighted by Gasteiger charge is -2.40. The molecular weight excluding hydrogens is 362 g/mol. The van der Waals surface area contributed by atoms with Gasteiger partial charge in [-0.3, -0.25) is 19.7 Å². The number of nitro groups is 1. The number of furan rings is 1. The molecule has 148 valence electrons. The van der Waals surface area contributed by atoms with Gasteiger partial charge in [-0.15, -0.1) is 0 Å². The maximum Gasteiger partial charge on any atom is 0.433 e. The Kier molecular flexibility index (Phi) is 6.08. The van der Waals surface area contributed by atoms with E-state index in [1.54, 1.807) is 0 Å². The summed E-state index contributed by atoms with van der Waals surface area (Å²) >= 11 is 0. The number of hydrogen-bond acceptors (Lipinski definition) is 5. The van der Waals surface area contributed by atoms with E-state index in [2.05, 4.69) is 6.92 Å². The molecule has 0 atom stereocenters. The lowest BCUT2D eigenvalue weighted by molar-refractivity contribution is -0.402. The van der Waals surface area contributed by atoms with Gasteiger partial charge >= 0.3 is 5.88 Å². The number of benzene rings is 1. The predicted molar refractivity (Wildman–Crippen MR) is 102 cm³/mol. The van der Waals surface area contributed by atoms with Crippen molar-refractivity contribution in [2.75, 3.05) is 19.6 Å². The van der Waals surface area contributed by atoms with Crippen molar-refractivity contribution in [1.29, 1.82) is 0 Å². The maximum absolute atomic E-state index is 12.9. The van der Waals surface area contributed by atoms with E-state index in [-0.39, 0.29) is 17.6 Å². The number of unbranched alkanes of at least 4 members (excludes halogenated alkanes) is 1. The molecule has 1 aromatic carbocycles. The normalized spacial score (nSPS) is 13.8. The van der Waals surface area contributed by atoms with Gasteiger partial charge in [-0.1, -0.05) is 43.7 Å². The van der Waals surface area contributed by atoms with Crippen molar-refractivity contribution in [3.05, 3.63) is 63.9 Å². The van der Waals surface area contributed by atoms with Gasteiger partial charge in [-0.2, -0.15) is 0 Å². The summed E-state index contributed by atoms with van der Waals surface area (Å²) in [6, 6.07) is 12.3. The number of nitrogens with zero attached hydrogens (tertiary/aromatic N) is 3. The molecular formula is C20H23N3O5. The Morgan fingerprint density at radius 1 is 1.21 bits per heavy atom. The highest BCUT2D eigenvalue weighted by atomic mass is 16.6. The molecule has 8 heteroatoms. The van der Waals surface area contributed by atoms with Crippen LogP contribution in [-0.2, 0) is 11.3 Å². The molecule has 28 heavy (non-hydrogen) atoms. The molecule has 0 spiro atoms. The van der Waals surface area contributed by atoms with Gasteiger partial charge < -0.3 is 14.2 Å². The topological polar surface area (TPSA) is 96.9 Å². The van der Waals surface area contributed by atoms with Crippen molar-refractivity contribution >= 4 is 17.7 Å². The Bertz CT molecular complexity index is 843. The van der Waals surface area contributed by atoms with Crippen LogP contribution < -0.4 is 0 Å². The molecule has 0 radical (unpaired) electrons. The van der Waals surface area contributed by atoms with Crippen molar-refractivity contribution in [1.82, 2.24) is 9.80 Å². The fourth-order valence-corrected chi connectivity index (χ4v) is 3.18. The van der Waals surface area contributed by atoms with Gasteiger partial charge in [0.25, 0.3) is 5.91 Å². The van der Waals surface area contributed by atoms with Crippen LogP contribution in [0.2, 0.25) is 0 Å². The van der Waals surface area contributed by atoms with Gasteiger partial charge in [0, 0.05) is 26.2 Å². The van der Waals surface area contributed by atoms with E-state index in [0.29, 0.717) is 26.2 Å². The lowest BCUT2D eigenvalue weighted by atomic mass is 9.97. The molecule has 1 aliphatic heterocycles. The third-order valence-corrected chi connectivity index (χ3v) is 4.81. The van der Waals surface area contributed by atoms with Gasteiger partial charge in [0.15, 0.2) is 5.76 Å². The zero-order valence-electron chi connectivity index (χ0n) is 15.7. The van der Waals surface area contributed by atoms with Crippen LogP contribution in [0.3, 0.4) is 0 Å². The summed E-state index contributed by atoms with van der Waals surface area (Å²) in [7, 11) is 0. The molecule has 0 saturated carbocycles. The Hall–Kier alpha value is -3.16. The molecule has 1 aliphatic rings. The minimum Gasteiger partial charge on any atom is -0.395 e. The first-order valence-electron chi connectivity index (χ1n) is 9.35. The van der Waals surface area contributed by atoms with Crippen molar-refractivity contribution in [3.63, 3.8) is 0 Å². The SMILES string of the molecule is CCCCN(Cc1ccccc1)C(=O)C1CN(C(=O)c2ccc([N+](=O)[O-])o2)C1. The third kappa shape index (κ3) is 4.39. The molecule has 0 bridgehead atoms. The van der Waals surface area contributed by atoms with Crippen molar-refractivity contribution < 1.29 is 18.9 Å². The molecule has 2 amide bonds. The minimum absolute atomic E-state index is 0.0341. The second-order valence-electron chi connectivity index (χ2n) is 6.90. The monoisotopic (exact) mass is 385 g/mol. The number of carbonyl (C=O) groups is 2. The van der Waals surface area contributed by atoms with Crippen LogP contribution in [0.4, 0.5) is 5.88 Å². The van der Waals surface area contributed by atoms with Crippen LogP contribution in [0.5, 0.6) is 0 Å². The molecule has 1 aromatic heterocycles. The molecule has 3 rings (SSSR count). The number of carbonyl (C=O) groups excluding carboxylic acids is 2. The summed E-state index contributed by atoms with van der Waals surface area (Å²) < 4.78 is 4.95. The largest absolute Gasteiger partial charge is 0.433 e. The van der Waals surface area contributed by atoms with Crippen molar-refractivity contribution in [3.8, 4) is 0 Å². The number of amides is 2. The van der Waals surface area contributed by atoms with Gasteiger partial charge in [0.1, 0.15) is 4.92 Å². The first-order valence-corrected chi connectivity index (χ1v) is 9.35. The summed E-state index contributed by atoms with van der Waals surface area (Å²) in [5.41, 5.74) is 1.07. The van der Waals surface area contributed by atoms with Crippen LogP contribution in [0, 0.1) is 16.0 Å². The average Bonchev–Trinajstić information content (AvgIpc) is 3.15. The smallest absolute Gasteiger partial charge is 0.395 e. The summed E-state index contributed by atoms with van der Waals surface area (Å²) in [5.74, 6) is -1.20. The highest BCUT2D eigenvalue weighted by molar-refractivity contribution is 5.94. The first kappa shape index (κ1) is 19.6. The van der Waals surface area contributed by atoms with E-state index < -0.39 is 16.7 Å². The molecule has 0 aliphatic carbocycles. The Labute approximate surface area is 162 Å². The van der Waals surface area contributed by atoms with Crippen LogP contribution in [0.1, 0.15) is 35.9 Å². The van der Waals surface area contributed by atoms with Gasteiger partial charge in [0.2, 0.25) is 5.91 Å². The summed E-state index contributed by atoms with van der Waals surface area (Å²) in [6.07, 6.45) is 1.91. The minimum atomic E-state index is -0.686. The molecule has 0 unspecified atom stereocenters. The van der Waals surface area contributed by atoms with E-state index in [1.807, 2.05) is 35.2 Å². The number of hydrogen-bond donors (Lipinski definition) is 0. The zero-order chi connectivity index (χ0) is 20.1. The van der Waals surface area contributed by atoms with Crippen LogP contribution >= 0.6 is 0 Å². The van der Waals surface area contributed by atoms with E-state index in [9.17, 15) is 19.7 Å². The summed E-state index contributed by atoms with van der Waals surface area (Å²) in [4.78, 5) is 38.6. The van der Waals surface area contributed by atoms with Crippen molar-refractivity contribution in [2.45, 2.75) is 26.3 Å². The van der Waals surface area contributed by atoms with Gasteiger partial charge in [-0.25, -0.2) is 0 Å². The summed E-state index contributed by atoms with van der Waals surface area (Å²) in [5, 5.41) is 10.7. The van der Waals surface area contributed by atoms with Crippen LogP contribution in [-0.4, -0.2) is 46.2 Å². The van der Waals surface area contributed by atoms with E-state index >= 15 is 0 Å². The molecule has 8 nitrogen and oxygen atoms in total. The second kappa shape index (κ2) is 8.69. The average molecular weight is 385 g/mol. The zero-order valence-corrected chi connectivity index (χ0v) is 15.7. The lowest BCUT2D eigenvalue weighted by Crippen LogP contribution is -2.56. The van der Waals surface area contributed by atoms with E-state index in [4.69, 9.17) is 4.42 Å². The quantitative estimate of drug-likeness (QED) is 0.514. The van der Waals surface area contributed by atoms with Gasteiger partial charge in [-0.05, 0) is 18.1 Å². The molecule has 0 N–H and O–H groups in total. The van der Waals surface area contributed by atoms with Crippen LogP contribution in [0.25, 0.3) is 0 Å². The maximum atomic E-state index is 12.9. The second-order valence-corrected chi connectivity index (χ2v) is 6.90. The van der Waals surface area contributed by atoms with E-state index in [0.717, 1.165) is 24.5 Å². The van der Waals surface area contributed by atoms with E-state index in [1.165, 1.54) is 11.0 Å². The predicted octanol–water partition coefficient (Wildman–Crippen LogP) is 3.09. The molecule has 1 saturated heterocycles. The Morgan fingerprint density at radius 2 is 1.93 bits per heavy atom. The molecule has 2 heterocycles. The first-order chi connectivity index (χ1) is 13.5. The highest BCUT2D eigenvalue weighted by Gasteiger charge is 2.39. The fourth-order valence-electron chi connectivity index (χ4n) is 3.18. The number of rotatable bonds is 8. The Morgan fingerprint density at radius 3 is 2.54 bits per heavy atom. The fraction of sp³-hybridized carbons (Fsp3) is 0.400. The molecule has 2 aromatic rings. The number of likely N-dealkylation sites (tertiary alicyclic amines) is 1. The molecule has 1 fully saturated rings.